The van der Waals surface area contributed by atoms with E-state index in [1.807, 2.05) is 36.4 Å². The first kappa shape index (κ1) is 20.0. The maximum absolute atomic E-state index is 12.5. The molecule has 0 atom stereocenters. The van der Waals surface area contributed by atoms with E-state index in [9.17, 15) is 4.79 Å². The summed E-state index contributed by atoms with van der Waals surface area (Å²) in [5, 5.41) is 12.4. The van der Waals surface area contributed by atoms with Gasteiger partial charge in [0.25, 0.3) is 5.91 Å². The number of nitrogens with zero attached hydrogens (tertiary/aromatic N) is 4. The molecule has 2 aromatic heterocycles. The largest absolute Gasteiger partial charge is 0.470 e. The van der Waals surface area contributed by atoms with Gasteiger partial charge in [-0.05, 0) is 35.9 Å². The van der Waals surface area contributed by atoms with E-state index in [2.05, 4.69) is 15.5 Å². The molecule has 152 valence electrons. The predicted octanol–water partition coefficient (Wildman–Crippen LogP) is 4.72. The molecule has 30 heavy (non-hydrogen) atoms. The molecule has 0 aliphatic carbocycles. The van der Waals surface area contributed by atoms with E-state index in [1.165, 1.54) is 4.68 Å². The standard InChI is InChI=1S/C21H17Cl2N5O2/c22-16-11-24-28(13-16)12-15-4-3-5-17(10-15)25-21(29)19-8-9-27(26-19)14-30-20-7-2-1-6-18(20)23/h1-11,13H,12,14H2,(H,25,29). The molecule has 0 radical (unpaired) electrons. The Hall–Kier alpha value is -3.29. The number of rotatable bonds is 7. The Balaban J connectivity index is 1.37. The van der Waals surface area contributed by atoms with Gasteiger partial charge in [0.2, 0.25) is 0 Å². The molecule has 1 amide bonds. The fourth-order valence-corrected chi connectivity index (χ4v) is 3.15. The highest BCUT2D eigenvalue weighted by molar-refractivity contribution is 6.32. The van der Waals surface area contributed by atoms with Crippen LogP contribution in [0.5, 0.6) is 5.75 Å². The van der Waals surface area contributed by atoms with Crippen molar-refractivity contribution in [1.82, 2.24) is 19.6 Å². The van der Waals surface area contributed by atoms with Crippen LogP contribution in [0.4, 0.5) is 5.69 Å². The molecular formula is C21H17Cl2N5O2. The van der Waals surface area contributed by atoms with Crippen molar-refractivity contribution in [2.45, 2.75) is 13.3 Å². The Kier molecular flexibility index (Phi) is 6.02. The monoisotopic (exact) mass is 441 g/mol. The van der Waals surface area contributed by atoms with Crippen molar-refractivity contribution in [1.29, 1.82) is 0 Å². The van der Waals surface area contributed by atoms with Gasteiger partial charge in [-0.2, -0.15) is 10.2 Å². The van der Waals surface area contributed by atoms with Crippen LogP contribution in [0.15, 0.2) is 73.2 Å². The first-order valence-corrected chi connectivity index (χ1v) is 9.81. The number of halogens is 2. The smallest absolute Gasteiger partial charge is 0.276 e. The number of anilines is 1. The van der Waals surface area contributed by atoms with Crippen molar-refractivity contribution in [2.75, 3.05) is 5.32 Å². The van der Waals surface area contributed by atoms with Gasteiger partial charge in [0.1, 0.15) is 5.75 Å². The van der Waals surface area contributed by atoms with Crippen molar-refractivity contribution in [3.05, 3.63) is 94.5 Å². The van der Waals surface area contributed by atoms with Crippen LogP contribution in [0.25, 0.3) is 0 Å². The van der Waals surface area contributed by atoms with E-state index in [-0.39, 0.29) is 18.3 Å². The molecule has 2 aromatic carbocycles. The fourth-order valence-electron chi connectivity index (χ4n) is 2.81. The lowest BCUT2D eigenvalue weighted by Gasteiger charge is -2.08. The topological polar surface area (TPSA) is 74.0 Å². The number of para-hydroxylation sites is 1. The van der Waals surface area contributed by atoms with Gasteiger partial charge in [-0.25, -0.2) is 4.68 Å². The molecule has 2 heterocycles. The molecule has 0 saturated heterocycles. The molecule has 0 fully saturated rings. The molecule has 1 N–H and O–H groups in total. The number of carbonyl (C=O) groups is 1. The van der Waals surface area contributed by atoms with Gasteiger partial charge < -0.3 is 10.1 Å². The second-order valence-corrected chi connectivity index (χ2v) is 7.30. The van der Waals surface area contributed by atoms with E-state index in [0.717, 1.165) is 5.56 Å². The highest BCUT2D eigenvalue weighted by Gasteiger charge is 2.11. The molecular weight excluding hydrogens is 425 g/mol. The molecule has 9 heteroatoms. The number of amides is 1. The van der Waals surface area contributed by atoms with Gasteiger partial charge in [0.05, 0.1) is 22.8 Å². The first-order valence-electron chi connectivity index (χ1n) is 9.06. The van der Waals surface area contributed by atoms with Gasteiger partial charge in [-0.1, -0.05) is 47.5 Å². The van der Waals surface area contributed by atoms with Gasteiger partial charge >= 0.3 is 0 Å². The van der Waals surface area contributed by atoms with Crippen molar-refractivity contribution < 1.29 is 9.53 Å². The van der Waals surface area contributed by atoms with E-state index in [4.69, 9.17) is 27.9 Å². The van der Waals surface area contributed by atoms with Crippen LogP contribution < -0.4 is 10.1 Å². The molecule has 0 unspecified atom stereocenters. The lowest BCUT2D eigenvalue weighted by Crippen LogP contribution is -2.14. The summed E-state index contributed by atoms with van der Waals surface area (Å²) in [5.41, 5.74) is 1.92. The van der Waals surface area contributed by atoms with E-state index in [1.54, 1.807) is 41.5 Å². The third-order valence-corrected chi connectivity index (χ3v) is 4.70. The van der Waals surface area contributed by atoms with Gasteiger partial charge in [0, 0.05) is 18.1 Å². The van der Waals surface area contributed by atoms with Crippen LogP contribution in [0.3, 0.4) is 0 Å². The van der Waals surface area contributed by atoms with Crippen molar-refractivity contribution >= 4 is 34.8 Å². The van der Waals surface area contributed by atoms with E-state index < -0.39 is 0 Å². The molecule has 7 nitrogen and oxygen atoms in total. The molecule has 0 aliphatic heterocycles. The Labute approximate surface area is 182 Å². The number of carbonyl (C=O) groups excluding carboxylic acids is 1. The highest BCUT2D eigenvalue weighted by atomic mass is 35.5. The summed E-state index contributed by atoms with van der Waals surface area (Å²) in [6, 6.07) is 16.3. The van der Waals surface area contributed by atoms with Crippen LogP contribution in [0.2, 0.25) is 10.0 Å². The third-order valence-electron chi connectivity index (χ3n) is 4.19. The summed E-state index contributed by atoms with van der Waals surface area (Å²) >= 11 is 12.0. The Morgan fingerprint density at radius 3 is 2.73 bits per heavy atom. The lowest BCUT2D eigenvalue weighted by molar-refractivity contribution is 0.102. The minimum Gasteiger partial charge on any atom is -0.470 e. The summed E-state index contributed by atoms with van der Waals surface area (Å²) in [7, 11) is 0. The summed E-state index contributed by atoms with van der Waals surface area (Å²) in [5.74, 6) is 0.238. The van der Waals surface area contributed by atoms with Crippen molar-refractivity contribution in [2.24, 2.45) is 0 Å². The minimum absolute atomic E-state index is 0.138. The quantitative estimate of drug-likeness (QED) is 0.450. The maximum atomic E-state index is 12.5. The van der Waals surface area contributed by atoms with Crippen molar-refractivity contribution in [3.63, 3.8) is 0 Å². The zero-order chi connectivity index (χ0) is 20.9. The summed E-state index contributed by atoms with van der Waals surface area (Å²) < 4.78 is 8.88. The Bertz CT molecular complexity index is 1170. The predicted molar refractivity (Wildman–Crippen MR) is 115 cm³/mol. The van der Waals surface area contributed by atoms with Crippen molar-refractivity contribution in [3.8, 4) is 5.75 Å². The average molecular weight is 442 g/mol. The van der Waals surface area contributed by atoms with E-state index >= 15 is 0 Å². The number of nitrogens with one attached hydrogen (secondary N) is 1. The zero-order valence-electron chi connectivity index (χ0n) is 15.7. The van der Waals surface area contributed by atoms with Gasteiger partial charge in [-0.15, -0.1) is 0 Å². The first-order chi connectivity index (χ1) is 14.6. The maximum Gasteiger partial charge on any atom is 0.276 e. The highest BCUT2D eigenvalue weighted by Crippen LogP contribution is 2.23. The fraction of sp³-hybridized carbons (Fsp3) is 0.0952. The summed E-state index contributed by atoms with van der Waals surface area (Å²) in [6.45, 7) is 0.684. The van der Waals surface area contributed by atoms with Crippen LogP contribution in [0.1, 0.15) is 16.1 Å². The lowest BCUT2D eigenvalue weighted by atomic mass is 10.2. The molecule has 0 bridgehead atoms. The van der Waals surface area contributed by atoms with Gasteiger partial charge in [-0.3, -0.25) is 9.48 Å². The molecule has 4 aromatic rings. The number of hydrogen-bond donors (Lipinski definition) is 1. The third kappa shape index (κ3) is 5.00. The van der Waals surface area contributed by atoms with E-state index in [0.29, 0.717) is 28.0 Å². The summed E-state index contributed by atoms with van der Waals surface area (Å²) in [6.07, 6.45) is 4.99. The van der Waals surface area contributed by atoms with Crippen LogP contribution in [-0.4, -0.2) is 25.5 Å². The molecule has 0 spiro atoms. The molecule has 0 saturated carbocycles. The molecule has 4 rings (SSSR count). The second-order valence-electron chi connectivity index (χ2n) is 6.45. The van der Waals surface area contributed by atoms with Crippen LogP contribution >= 0.6 is 23.2 Å². The molecule has 0 aliphatic rings. The van der Waals surface area contributed by atoms with Crippen LogP contribution in [0, 0.1) is 0 Å². The Morgan fingerprint density at radius 2 is 1.93 bits per heavy atom. The SMILES string of the molecule is O=C(Nc1cccc(Cn2cc(Cl)cn2)c1)c1ccn(COc2ccccc2Cl)n1. The number of aromatic nitrogens is 4. The number of hydrogen-bond acceptors (Lipinski definition) is 4. The number of benzene rings is 2. The average Bonchev–Trinajstić information content (AvgIpc) is 3.37. The zero-order valence-corrected chi connectivity index (χ0v) is 17.2. The second kappa shape index (κ2) is 9.02. The normalized spacial score (nSPS) is 10.7. The Morgan fingerprint density at radius 1 is 1.07 bits per heavy atom. The minimum atomic E-state index is -0.314. The number of ether oxygens (including phenoxy) is 1. The van der Waals surface area contributed by atoms with Crippen LogP contribution in [-0.2, 0) is 13.3 Å². The summed E-state index contributed by atoms with van der Waals surface area (Å²) in [4.78, 5) is 12.5. The van der Waals surface area contributed by atoms with Gasteiger partial charge in [0.15, 0.2) is 12.4 Å².